The Balaban J connectivity index is 2.40. The van der Waals surface area contributed by atoms with Crippen molar-refractivity contribution in [1.29, 1.82) is 0 Å². The molecule has 0 unspecified atom stereocenters. The van der Waals surface area contributed by atoms with Crippen molar-refractivity contribution in [2.75, 3.05) is 0 Å². The zero-order valence-electron chi connectivity index (χ0n) is 7.57. The van der Waals surface area contributed by atoms with Gasteiger partial charge >= 0.3 is 0 Å². The van der Waals surface area contributed by atoms with Crippen molar-refractivity contribution in [3.05, 3.63) is 46.9 Å². The monoisotopic (exact) mass is 192 g/mol. The molecule has 1 aromatic rings. The summed E-state index contributed by atoms with van der Waals surface area (Å²) in [5.41, 5.74) is 2.06. The summed E-state index contributed by atoms with van der Waals surface area (Å²) in [6.45, 7) is 1.81. The van der Waals surface area contributed by atoms with Gasteiger partial charge in [0.2, 0.25) is 0 Å². The fraction of sp³-hybridized carbons (Fsp3) is 0.182. The normalized spacial score (nSPS) is 11.3. The van der Waals surface area contributed by atoms with Gasteiger partial charge in [-0.25, -0.2) is 0 Å². The van der Waals surface area contributed by atoms with Crippen LogP contribution >= 0.6 is 11.8 Å². The van der Waals surface area contributed by atoms with E-state index >= 15 is 0 Å². The first kappa shape index (κ1) is 10.1. The van der Waals surface area contributed by atoms with Crippen LogP contribution in [0.3, 0.4) is 0 Å². The van der Waals surface area contributed by atoms with E-state index < -0.39 is 0 Å². The van der Waals surface area contributed by atoms with E-state index in [-0.39, 0.29) is 0 Å². The van der Waals surface area contributed by atoms with E-state index in [9.17, 15) is 4.79 Å². The van der Waals surface area contributed by atoms with E-state index in [1.165, 1.54) is 5.56 Å². The fourth-order valence-corrected chi connectivity index (χ4v) is 1.66. The lowest BCUT2D eigenvalue weighted by molar-refractivity contribution is -0.104. The van der Waals surface area contributed by atoms with Gasteiger partial charge in [0.05, 0.1) is 0 Å². The molecule has 1 rings (SSSR count). The van der Waals surface area contributed by atoms with Gasteiger partial charge in [-0.3, -0.25) is 4.79 Å². The molecule has 0 aromatic heterocycles. The van der Waals surface area contributed by atoms with Gasteiger partial charge < -0.3 is 0 Å². The molecule has 0 aliphatic rings. The second kappa shape index (κ2) is 5.60. The second-order valence-corrected chi connectivity index (χ2v) is 3.63. The fourth-order valence-electron chi connectivity index (χ4n) is 0.871. The molecule has 0 aliphatic carbocycles. The molecule has 0 heterocycles. The minimum absolute atomic E-state index is 0.779. The minimum atomic E-state index is 0.779. The topological polar surface area (TPSA) is 17.1 Å². The van der Waals surface area contributed by atoms with E-state index in [2.05, 4.69) is 12.1 Å². The van der Waals surface area contributed by atoms with Crippen LogP contribution in [0.4, 0.5) is 0 Å². The zero-order chi connectivity index (χ0) is 9.52. The molecule has 0 radical (unpaired) electrons. The number of carbonyl (C=O) groups is 1. The Bertz CT molecular complexity index is 290. The number of rotatable bonds is 4. The zero-order valence-corrected chi connectivity index (χ0v) is 8.38. The molecule has 0 fully saturated rings. The molecule has 2 heteroatoms. The van der Waals surface area contributed by atoms with E-state index in [4.69, 9.17) is 0 Å². The van der Waals surface area contributed by atoms with Crippen molar-refractivity contribution >= 4 is 18.0 Å². The van der Waals surface area contributed by atoms with E-state index in [0.717, 1.165) is 17.6 Å². The van der Waals surface area contributed by atoms with Gasteiger partial charge in [-0.1, -0.05) is 30.3 Å². The summed E-state index contributed by atoms with van der Waals surface area (Å²) in [7, 11) is 0. The van der Waals surface area contributed by atoms with Gasteiger partial charge in [-0.15, -0.1) is 11.8 Å². The quantitative estimate of drug-likeness (QED) is 0.539. The van der Waals surface area contributed by atoms with Crippen LogP contribution in [0.1, 0.15) is 12.5 Å². The van der Waals surface area contributed by atoms with Crippen LogP contribution in [0.25, 0.3) is 0 Å². The lowest BCUT2D eigenvalue weighted by Gasteiger charge is -1.96. The molecule has 13 heavy (non-hydrogen) atoms. The summed E-state index contributed by atoms with van der Waals surface area (Å²) in [6.07, 6.45) is 0.873. The molecule has 0 N–H and O–H groups in total. The number of carbonyl (C=O) groups excluding carboxylic acids is 1. The van der Waals surface area contributed by atoms with Crippen molar-refractivity contribution in [2.24, 2.45) is 0 Å². The third-order valence-electron chi connectivity index (χ3n) is 1.55. The molecule has 0 aliphatic heterocycles. The summed E-state index contributed by atoms with van der Waals surface area (Å²) in [5, 5.41) is 1.89. The van der Waals surface area contributed by atoms with Crippen molar-refractivity contribution in [2.45, 2.75) is 12.7 Å². The molecule has 0 saturated heterocycles. The first-order valence-electron chi connectivity index (χ1n) is 4.10. The number of hydrogen-bond acceptors (Lipinski definition) is 2. The Morgan fingerprint density at radius 2 is 2.08 bits per heavy atom. The van der Waals surface area contributed by atoms with Crippen LogP contribution in [0, 0.1) is 0 Å². The summed E-state index contributed by atoms with van der Waals surface area (Å²) < 4.78 is 0. The molecule has 68 valence electrons. The first-order valence-corrected chi connectivity index (χ1v) is 5.15. The predicted octanol–water partition coefficient (Wildman–Crippen LogP) is 3.02. The lowest BCUT2D eigenvalue weighted by Crippen LogP contribution is -1.77. The van der Waals surface area contributed by atoms with Gasteiger partial charge in [-0.05, 0) is 23.5 Å². The van der Waals surface area contributed by atoms with Crippen LogP contribution in [0.15, 0.2) is 41.3 Å². The summed E-state index contributed by atoms with van der Waals surface area (Å²) in [5.74, 6) is 0.923. The summed E-state index contributed by atoms with van der Waals surface area (Å²) >= 11 is 1.65. The van der Waals surface area contributed by atoms with Crippen molar-refractivity contribution in [1.82, 2.24) is 0 Å². The SMILES string of the molecule is C/C(C=O)=C\SCc1ccccc1. The van der Waals surface area contributed by atoms with E-state index in [1.807, 2.05) is 30.5 Å². The molecule has 0 amide bonds. The van der Waals surface area contributed by atoms with Crippen molar-refractivity contribution in [3.8, 4) is 0 Å². The van der Waals surface area contributed by atoms with Gasteiger partial charge in [0.1, 0.15) is 6.29 Å². The highest BCUT2D eigenvalue weighted by Crippen LogP contribution is 2.13. The molecule has 1 nitrogen and oxygen atoms in total. The van der Waals surface area contributed by atoms with Crippen LogP contribution in [0.5, 0.6) is 0 Å². The van der Waals surface area contributed by atoms with Crippen LogP contribution in [0.2, 0.25) is 0 Å². The van der Waals surface area contributed by atoms with E-state index in [0.29, 0.717) is 0 Å². The maximum absolute atomic E-state index is 10.3. The maximum Gasteiger partial charge on any atom is 0.146 e. The average Bonchev–Trinajstić information content (AvgIpc) is 2.19. The van der Waals surface area contributed by atoms with Gasteiger partial charge in [0, 0.05) is 5.75 Å². The Morgan fingerprint density at radius 1 is 1.38 bits per heavy atom. The molecule has 0 atom stereocenters. The Kier molecular flexibility index (Phi) is 4.33. The standard InChI is InChI=1S/C11H12OS/c1-10(7-12)8-13-9-11-5-3-2-4-6-11/h2-8H,9H2,1H3/b10-8+. The number of hydrogen-bond donors (Lipinski definition) is 0. The number of thioether (sulfide) groups is 1. The number of benzene rings is 1. The highest BCUT2D eigenvalue weighted by molar-refractivity contribution is 8.01. The third-order valence-corrected chi connectivity index (χ3v) is 2.59. The maximum atomic E-state index is 10.3. The Labute approximate surface area is 82.9 Å². The van der Waals surface area contributed by atoms with Crippen LogP contribution in [-0.2, 0) is 10.5 Å². The minimum Gasteiger partial charge on any atom is -0.298 e. The highest BCUT2D eigenvalue weighted by Gasteiger charge is 1.89. The van der Waals surface area contributed by atoms with Gasteiger partial charge in [0.15, 0.2) is 0 Å². The Hall–Kier alpha value is -1.02. The highest BCUT2D eigenvalue weighted by atomic mass is 32.2. The second-order valence-electron chi connectivity index (χ2n) is 2.78. The average molecular weight is 192 g/mol. The molecule has 0 spiro atoms. The van der Waals surface area contributed by atoms with Crippen LogP contribution < -0.4 is 0 Å². The predicted molar refractivity (Wildman–Crippen MR) is 57.6 cm³/mol. The molecular formula is C11H12OS. The molecule has 1 aromatic carbocycles. The van der Waals surface area contributed by atoms with Crippen molar-refractivity contribution < 1.29 is 4.79 Å². The smallest absolute Gasteiger partial charge is 0.146 e. The molecule has 0 saturated carbocycles. The number of aldehydes is 1. The van der Waals surface area contributed by atoms with Gasteiger partial charge in [0.25, 0.3) is 0 Å². The van der Waals surface area contributed by atoms with Crippen LogP contribution in [-0.4, -0.2) is 6.29 Å². The Morgan fingerprint density at radius 3 is 2.69 bits per heavy atom. The largest absolute Gasteiger partial charge is 0.298 e. The summed E-state index contributed by atoms with van der Waals surface area (Å²) in [6, 6.07) is 10.2. The molecular weight excluding hydrogens is 180 g/mol. The third kappa shape index (κ3) is 3.95. The number of allylic oxidation sites excluding steroid dienone is 1. The first-order chi connectivity index (χ1) is 6.33. The van der Waals surface area contributed by atoms with E-state index in [1.54, 1.807) is 11.8 Å². The molecule has 0 bridgehead atoms. The van der Waals surface area contributed by atoms with Gasteiger partial charge in [-0.2, -0.15) is 0 Å². The summed E-state index contributed by atoms with van der Waals surface area (Å²) in [4.78, 5) is 10.3. The van der Waals surface area contributed by atoms with Crippen molar-refractivity contribution in [3.63, 3.8) is 0 Å². The lowest BCUT2D eigenvalue weighted by atomic mass is 10.2.